The van der Waals surface area contributed by atoms with Gasteiger partial charge in [0.25, 0.3) is 10.0 Å². The van der Waals surface area contributed by atoms with E-state index in [2.05, 4.69) is 0 Å². The van der Waals surface area contributed by atoms with Crippen molar-refractivity contribution in [2.75, 3.05) is 20.2 Å². The van der Waals surface area contributed by atoms with Crippen molar-refractivity contribution in [1.82, 2.24) is 4.31 Å². The van der Waals surface area contributed by atoms with E-state index in [9.17, 15) is 8.42 Å². The van der Waals surface area contributed by atoms with Gasteiger partial charge < -0.3 is 10.5 Å². The van der Waals surface area contributed by atoms with Gasteiger partial charge in [-0.1, -0.05) is 30.3 Å². The number of methoxy groups -OCH3 is 1. The summed E-state index contributed by atoms with van der Waals surface area (Å²) in [5, 5.41) is 1.72. The smallest absolute Gasteiger partial charge is 0.256 e. The Balaban J connectivity index is 0.00000264. The number of benzene rings is 1. The van der Waals surface area contributed by atoms with Crippen molar-refractivity contribution in [3.63, 3.8) is 0 Å². The van der Waals surface area contributed by atoms with E-state index in [0.29, 0.717) is 31.8 Å². The van der Waals surface area contributed by atoms with Gasteiger partial charge in [-0.15, -0.1) is 23.7 Å². The molecule has 1 heterocycles. The summed E-state index contributed by atoms with van der Waals surface area (Å²) >= 11 is 1.17. The average Bonchev–Trinajstić information content (AvgIpc) is 3.01. The zero-order chi connectivity index (χ0) is 16.0. The van der Waals surface area contributed by atoms with Crippen LogP contribution in [0.25, 0.3) is 0 Å². The van der Waals surface area contributed by atoms with Gasteiger partial charge in [0, 0.05) is 13.1 Å². The second kappa shape index (κ2) is 9.24. The highest BCUT2D eigenvalue weighted by molar-refractivity contribution is 7.91. The minimum Gasteiger partial charge on any atom is -0.494 e. The Bertz CT molecular complexity index is 690. The minimum absolute atomic E-state index is 0. The van der Waals surface area contributed by atoms with Gasteiger partial charge in [0.1, 0.15) is 5.75 Å². The van der Waals surface area contributed by atoms with Gasteiger partial charge in [-0.3, -0.25) is 0 Å². The molecule has 0 bridgehead atoms. The molecule has 0 spiro atoms. The summed E-state index contributed by atoms with van der Waals surface area (Å²) in [6, 6.07) is 11.2. The molecule has 1 aromatic carbocycles. The Morgan fingerprint density at radius 3 is 2.52 bits per heavy atom. The first-order valence-electron chi connectivity index (χ1n) is 6.95. The van der Waals surface area contributed by atoms with E-state index < -0.39 is 10.0 Å². The molecular weight excluding hydrogens is 356 g/mol. The molecule has 2 N–H and O–H groups in total. The summed E-state index contributed by atoms with van der Waals surface area (Å²) in [4.78, 5) is 0. The van der Waals surface area contributed by atoms with Crippen LogP contribution in [0.4, 0.5) is 0 Å². The zero-order valence-corrected chi connectivity index (χ0v) is 15.3. The summed E-state index contributed by atoms with van der Waals surface area (Å²) in [5.74, 6) is 0.385. The van der Waals surface area contributed by atoms with Gasteiger partial charge in [0.2, 0.25) is 0 Å². The van der Waals surface area contributed by atoms with Crippen molar-refractivity contribution in [3.05, 3.63) is 47.3 Å². The molecule has 0 radical (unpaired) electrons. The third-order valence-electron chi connectivity index (χ3n) is 3.20. The number of thiophene rings is 1. The lowest BCUT2D eigenvalue weighted by Crippen LogP contribution is -2.32. The molecule has 0 amide bonds. The number of rotatable bonds is 8. The molecule has 0 saturated carbocycles. The number of sulfonamides is 1. The molecule has 0 saturated heterocycles. The number of hydrogen-bond acceptors (Lipinski definition) is 5. The Morgan fingerprint density at radius 1 is 1.22 bits per heavy atom. The molecule has 0 atom stereocenters. The Labute approximate surface area is 147 Å². The molecular formula is C15H21ClN2O3S2. The third-order valence-corrected chi connectivity index (χ3v) is 6.47. The topological polar surface area (TPSA) is 72.6 Å². The quantitative estimate of drug-likeness (QED) is 0.768. The Kier molecular flexibility index (Phi) is 8.01. The first-order chi connectivity index (χ1) is 10.6. The maximum absolute atomic E-state index is 12.9. The summed E-state index contributed by atoms with van der Waals surface area (Å²) in [6.07, 6.45) is 0.611. The van der Waals surface area contributed by atoms with Crippen molar-refractivity contribution in [2.24, 2.45) is 5.73 Å². The summed E-state index contributed by atoms with van der Waals surface area (Å²) in [6.45, 7) is 1.15. The molecule has 0 aliphatic heterocycles. The number of nitrogens with zero attached hydrogens (tertiary/aromatic N) is 1. The predicted molar refractivity (Wildman–Crippen MR) is 95.8 cm³/mol. The second-order valence-corrected chi connectivity index (χ2v) is 7.79. The lowest BCUT2D eigenvalue weighted by molar-refractivity contribution is 0.387. The van der Waals surface area contributed by atoms with Crippen LogP contribution in [0.1, 0.15) is 12.0 Å². The van der Waals surface area contributed by atoms with Crippen LogP contribution in [-0.4, -0.2) is 32.9 Å². The maximum atomic E-state index is 12.9. The Hall–Kier alpha value is -1.12. The predicted octanol–water partition coefficient (Wildman–Crippen LogP) is 2.72. The molecule has 2 rings (SSSR count). The fraction of sp³-hybridized carbons (Fsp3) is 0.333. The number of ether oxygens (including phenoxy) is 1. The largest absolute Gasteiger partial charge is 0.494 e. The van der Waals surface area contributed by atoms with Crippen LogP contribution in [0, 0.1) is 0 Å². The van der Waals surface area contributed by atoms with E-state index in [1.807, 2.05) is 30.3 Å². The molecule has 0 aliphatic carbocycles. The highest BCUT2D eigenvalue weighted by Gasteiger charge is 2.28. The lowest BCUT2D eigenvalue weighted by atomic mass is 10.2. The molecule has 5 nitrogen and oxygen atoms in total. The molecule has 128 valence electrons. The minimum atomic E-state index is -3.60. The molecule has 0 aliphatic rings. The molecule has 2 aromatic rings. The number of hydrogen-bond donors (Lipinski definition) is 1. The van der Waals surface area contributed by atoms with Crippen molar-refractivity contribution in [2.45, 2.75) is 17.2 Å². The average molecular weight is 377 g/mol. The third kappa shape index (κ3) is 4.92. The van der Waals surface area contributed by atoms with Crippen LogP contribution in [0.3, 0.4) is 0 Å². The van der Waals surface area contributed by atoms with Gasteiger partial charge in [0.05, 0.1) is 7.11 Å². The van der Waals surface area contributed by atoms with Crippen LogP contribution in [0.15, 0.2) is 46.0 Å². The van der Waals surface area contributed by atoms with Crippen molar-refractivity contribution in [3.8, 4) is 5.75 Å². The SMILES string of the molecule is COc1ccsc1S(=O)(=O)N(CCCN)Cc1ccccc1.Cl. The maximum Gasteiger partial charge on any atom is 0.256 e. The number of nitrogens with two attached hydrogens (primary N) is 1. The van der Waals surface area contributed by atoms with Crippen molar-refractivity contribution < 1.29 is 13.2 Å². The zero-order valence-electron chi connectivity index (χ0n) is 12.8. The van der Waals surface area contributed by atoms with Gasteiger partial charge in [0.15, 0.2) is 4.21 Å². The standard InChI is InChI=1S/C15H20N2O3S2.ClH/c1-20-14-8-11-21-15(14)22(18,19)17(10-5-9-16)12-13-6-3-2-4-7-13;/h2-4,6-8,11H,5,9-10,12,16H2,1H3;1H. The highest BCUT2D eigenvalue weighted by Crippen LogP contribution is 2.32. The fourth-order valence-electron chi connectivity index (χ4n) is 2.08. The second-order valence-electron chi connectivity index (χ2n) is 4.74. The van der Waals surface area contributed by atoms with Crippen molar-refractivity contribution >= 4 is 33.8 Å². The van der Waals surface area contributed by atoms with Gasteiger partial charge >= 0.3 is 0 Å². The van der Waals surface area contributed by atoms with Crippen molar-refractivity contribution in [1.29, 1.82) is 0 Å². The van der Waals surface area contributed by atoms with Gasteiger partial charge in [-0.25, -0.2) is 8.42 Å². The van der Waals surface area contributed by atoms with Crippen LogP contribution < -0.4 is 10.5 Å². The molecule has 0 fully saturated rings. The lowest BCUT2D eigenvalue weighted by Gasteiger charge is -2.21. The highest BCUT2D eigenvalue weighted by atomic mass is 35.5. The summed E-state index contributed by atoms with van der Waals surface area (Å²) in [7, 11) is -2.12. The van der Waals surface area contributed by atoms with E-state index in [0.717, 1.165) is 5.56 Å². The van der Waals surface area contributed by atoms with E-state index in [4.69, 9.17) is 10.5 Å². The molecule has 1 aromatic heterocycles. The van der Waals surface area contributed by atoms with E-state index in [1.165, 1.54) is 22.8 Å². The fourth-order valence-corrected chi connectivity index (χ4v) is 4.96. The molecule has 0 unspecified atom stereocenters. The number of halogens is 1. The van der Waals surface area contributed by atoms with E-state index >= 15 is 0 Å². The van der Waals surface area contributed by atoms with E-state index in [1.54, 1.807) is 11.4 Å². The van der Waals surface area contributed by atoms with Crippen LogP contribution >= 0.6 is 23.7 Å². The normalized spacial score (nSPS) is 11.3. The summed E-state index contributed by atoms with van der Waals surface area (Å²) < 4.78 is 32.7. The van der Waals surface area contributed by atoms with Gasteiger partial charge in [-0.2, -0.15) is 4.31 Å². The van der Waals surface area contributed by atoms with Crippen LogP contribution in [0.5, 0.6) is 5.75 Å². The Morgan fingerprint density at radius 2 is 1.91 bits per heavy atom. The summed E-state index contributed by atoms with van der Waals surface area (Å²) in [5.41, 5.74) is 6.49. The first-order valence-corrected chi connectivity index (χ1v) is 9.27. The first kappa shape index (κ1) is 19.9. The molecule has 23 heavy (non-hydrogen) atoms. The van der Waals surface area contributed by atoms with Crippen LogP contribution in [-0.2, 0) is 16.6 Å². The van der Waals surface area contributed by atoms with E-state index in [-0.39, 0.29) is 16.6 Å². The molecule has 8 heteroatoms. The van der Waals surface area contributed by atoms with Gasteiger partial charge in [-0.05, 0) is 30.0 Å². The monoisotopic (exact) mass is 376 g/mol. The van der Waals surface area contributed by atoms with Crippen LogP contribution in [0.2, 0.25) is 0 Å².